The lowest BCUT2D eigenvalue weighted by molar-refractivity contribution is -0.156. The zero-order valence-corrected chi connectivity index (χ0v) is 19.0. The number of piperidine rings is 1. The Kier molecular flexibility index (Phi) is 7.29. The monoisotopic (exact) mass is 467 g/mol. The Bertz CT molecular complexity index is 1080. The van der Waals surface area contributed by atoms with Gasteiger partial charge in [-0.3, -0.25) is 9.59 Å². The summed E-state index contributed by atoms with van der Waals surface area (Å²) < 4.78 is 51.1. The maximum Gasteiger partial charge on any atom is 0.310 e. The first-order chi connectivity index (χ1) is 15.1. The van der Waals surface area contributed by atoms with E-state index in [1.54, 1.807) is 25.1 Å². The fraction of sp³-hybridized carbons (Fsp3) is 0.476. The maximum absolute atomic E-state index is 13.8. The number of nitrogens with zero attached hydrogens (tertiary/aromatic N) is 3. The number of carbonyl (C=O) groups excluding carboxylic acids is 2. The second kappa shape index (κ2) is 9.78. The number of hydrogen-bond donors (Lipinski definition) is 0. The second-order valence-corrected chi connectivity index (χ2v) is 9.68. The van der Waals surface area contributed by atoms with Crippen molar-refractivity contribution in [2.75, 3.05) is 26.7 Å². The molecule has 1 saturated heterocycles. The van der Waals surface area contributed by atoms with Gasteiger partial charge in [0.25, 0.3) is 5.91 Å². The summed E-state index contributed by atoms with van der Waals surface area (Å²) in [6, 6.07) is 6.10. The molecule has 0 aliphatic carbocycles. The highest BCUT2D eigenvalue weighted by molar-refractivity contribution is 7.89. The minimum atomic E-state index is -3.87. The third-order valence-corrected chi connectivity index (χ3v) is 7.52. The van der Waals surface area contributed by atoms with E-state index in [1.807, 2.05) is 0 Å². The fourth-order valence-electron chi connectivity index (χ4n) is 3.66. The van der Waals surface area contributed by atoms with Crippen molar-refractivity contribution in [1.82, 2.24) is 14.4 Å². The molecule has 11 heteroatoms. The van der Waals surface area contributed by atoms with Crippen molar-refractivity contribution in [3.05, 3.63) is 47.1 Å². The molecule has 0 bridgehead atoms. The average Bonchev–Trinajstić information content (AvgIpc) is 3.12. The van der Waals surface area contributed by atoms with Crippen LogP contribution in [0.3, 0.4) is 0 Å². The smallest absolute Gasteiger partial charge is 0.310 e. The summed E-state index contributed by atoms with van der Waals surface area (Å²) in [6.07, 6.45) is 0.926. The first-order valence-electron chi connectivity index (χ1n) is 10.2. The van der Waals surface area contributed by atoms with Crippen molar-refractivity contribution in [1.29, 1.82) is 0 Å². The van der Waals surface area contributed by atoms with Crippen LogP contribution < -0.4 is 0 Å². The molecule has 2 heterocycles. The predicted molar refractivity (Wildman–Crippen MR) is 111 cm³/mol. The van der Waals surface area contributed by atoms with Gasteiger partial charge >= 0.3 is 5.97 Å². The number of likely N-dealkylation sites (N-methyl/N-ethyl adjacent to an activating group) is 1. The van der Waals surface area contributed by atoms with E-state index in [1.165, 1.54) is 29.2 Å². The van der Waals surface area contributed by atoms with Gasteiger partial charge in [0.1, 0.15) is 16.4 Å². The Labute approximate surface area is 186 Å². The summed E-state index contributed by atoms with van der Waals surface area (Å²) in [5.74, 6) is -2.06. The molecule has 1 amide bonds. The van der Waals surface area contributed by atoms with Crippen molar-refractivity contribution in [2.24, 2.45) is 5.92 Å². The number of halogens is 1. The molecule has 1 aliphatic heterocycles. The van der Waals surface area contributed by atoms with E-state index >= 15 is 0 Å². The molecule has 174 valence electrons. The molecular weight excluding hydrogens is 441 g/mol. The summed E-state index contributed by atoms with van der Waals surface area (Å²) in [5.41, 5.74) is 0.609. The van der Waals surface area contributed by atoms with Gasteiger partial charge in [-0.25, -0.2) is 12.8 Å². The average molecular weight is 468 g/mol. The number of esters is 1. The van der Waals surface area contributed by atoms with E-state index in [0.29, 0.717) is 18.4 Å². The molecule has 1 atom stereocenters. The number of carbonyl (C=O) groups is 2. The molecule has 1 aromatic carbocycles. The van der Waals surface area contributed by atoms with Gasteiger partial charge in [0.2, 0.25) is 10.0 Å². The first kappa shape index (κ1) is 23.9. The van der Waals surface area contributed by atoms with Crippen LogP contribution in [-0.4, -0.2) is 61.4 Å². The van der Waals surface area contributed by atoms with Gasteiger partial charge < -0.3 is 14.2 Å². The van der Waals surface area contributed by atoms with E-state index in [-0.39, 0.29) is 36.0 Å². The van der Waals surface area contributed by atoms with E-state index in [2.05, 4.69) is 5.16 Å². The van der Waals surface area contributed by atoms with Gasteiger partial charge in [-0.2, -0.15) is 4.31 Å². The Hall–Kier alpha value is -2.79. The molecule has 1 fully saturated rings. The number of aromatic nitrogens is 1. The second-order valence-electron chi connectivity index (χ2n) is 7.80. The van der Waals surface area contributed by atoms with Crippen LogP contribution in [0.25, 0.3) is 0 Å². The molecule has 1 aliphatic rings. The van der Waals surface area contributed by atoms with E-state index in [9.17, 15) is 22.4 Å². The van der Waals surface area contributed by atoms with Gasteiger partial charge in [0, 0.05) is 32.2 Å². The number of sulfonamides is 1. The van der Waals surface area contributed by atoms with Crippen LogP contribution >= 0.6 is 0 Å². The van der Waals surface area contributed by atoms with Gasteiger partial charge in [-0.15, -0.1) is 0 Å². The van der Waals surface area contributed by atoms with Gasteiger partial charge in [-0.05, 0) is 32.8 Å². The number of rotatable bonds is 7. The topological polar surface area (TPSA) is 110 Å². The van der Waals surface area contributed by atoms with Crippen molar-refractivity contribution >= 4 is 21.9 Å². The Morgan fingerprint density at radius 3 is 2.69 bits per heavy atom. The fourth-order valence-corrected chi connectivity index (χ4v) is 5.47. The SMILES string of the molecule is Cc1noc(C)c1S(=O)(=O)N1CCCC(C(=O)OCC(=O)N(C)Cc2ccccc2F)C1. The Morgan fingerprint density at radius 1 is 1.31 bits per heavy atom. The summed E-state index contributed by atoms with van der Waals surface area (Å²) in [6.45, 7) is 2.81. The van der Waals surface area contributed by atoms with Gasteiger partial charge in [-0.1, -0.05) is 23.4 Å². The molecule has 0 saturated carbocycles. The van der Waals surface area contributed by atoms with Crippen LogP contribution in [-0.2, 0) is 30.9 Å². The quantitative estimate of drug-likeness (QED) is 0.573. The molecule has 3 rings (SSSR count). The highest BCUT2D eigenvalue weighted by Gasteiger charge is 2.37. The van der Waals surface area contributed by atoms with Crippen molar-refractivity contribution in [3.8, 4) is 0 Å². The highest BCUT2D eigenvalue weighted by atomic mass is 32.2. The van der Waals surface area contributed by atoms with Crippen molar-refractivity contribution < 1.29 is 31.7 Å². The molecule has 0 radical (unpaired) electrons. The molecule has 2 aromatic rings. The molecule has 9 nitrogen and oxygen atoms in total. The van der Waals surface area contributed by atoms with Gasteiger partial charge in [0.05, 0.1) is 5.92 Å². The zero-order chi connectivity index (χ0) is 23.5. The van der Waals surface area contributed by atoms with Gasteiger partial charge in [0.15, 0.2) is 12.4 Å². The normalized spacial score (nSPS) is 17.2. The largest absolute Gasteiger partial charge is 0.455 e. The molecule has 1 aromatic heterocycles. The maximum atomic E-state index is 13.8. The van der Waals surface area contributed by atoms with E-state index < -0.39 is 40.2 Å². The van der Waals surface area contributed by atoms with Crippen LogP contribution in [0.1, 0.15) is 29.9 Å². The van der Waals surface area contributed by atoms with Crippen LogP contribution in [0.5, 0.6) is 0 Å². The van der Waals surface area contributed by atoms with Crippen molar-refractivity contribution in [2.45, 2.75) is 38.1 Å². The van der Waals surface area contributed by atoms with Crippen LogP contribution in [0, 0.1) is 25.6 Å². The standard InChI is InChI=1S/C21H26FN3O6S/c1-14-20(15(2)31-23-14)32(28,29)25-10-6-8-17(12-25)21(27)30-13-19(26)24(3)11-16-7-4-5-9-18(16)22/h4-5,7,9,17H,6,8,10-13H2,1-3H3. The summed E-state index contributed by atoms with van der Waals surface area (Å²) in [7, 11) is -2.38. The molecule has 0 N–H and O–H groups in total. The third-order valence-electron chi connectivity index (χ3n) is 5.41. The predicted octanol–water partition coefficient (Wildman–Crippen LogP) is 2.03. The third kappa shape index (κ3) is 5.16. The molecule has 32 heavy (non-hydrogen) atoms. The number of amides is 1. The van der Waals surface area contributed by atoms with Crippen LogP contribution in [0.15, 0.2) is 33.7 Å². The lowest BCUT2D eigenvalue weighted by Gasteiger charge is -2.30. The first-order valence-corrected chi connectivity index (χ1v) is 11.6. The summed E-state index contributed by atoms with van der Waals surface area (Å²) in [5, 5.41) is 3.69. The van der Waals surface area contributed by atoms with Crippen molar-refractivity contribution in [3.63, 3.8) is 0 Å². The highest BCUT2D eigenvalue weighted by Crippen LogP contribution is 2.28. The van der Waals surface area contributed by atoms with E-state index in [0.717, 1.165) is 0 Å². The van der Waals surface area contributed by atoms with E-state index in [4.69, 9.17) is 9.26 Å². The lowest BCUT2D eigenvalue weighted by atomic mass is 10.00. The lowest BCUT2D eigenvalue weighted by Crippen LogP contribution is -2.43. The number of aryl methyl sites for hydroxylation is 2. The number of hydrogen-bond acceptors (Lipinski definition) is 7. The summed E-state index contributed by atoms with van der Waals surface area (Å²) in [4.78, 5) is 26.1. The van der Waals surface area contributed by atoms with Crippen LogP contribution in [0.2, 0.25) is 0 Å². The minimum absolute atomic E-state index is 0.0106. The molecular formula is C21H26FN3O6S. The number of ether oxygens (including phenoxy) is 1. The Morgan fingerprint density at radius 2 is 2.03 bits per heavy atom. The Balaban J connectivity index is 1.57. The summed E-state index contributed by atoms with van der Waals surface area (Å²) >= 11 is 0. The zero-order valence-electron chi connectivity index (χ0n) is 18.2. The molecule has 0 spiro atoms. The molecule has 1 unspecified atom stereocenters. The van der Waals surface area contributed by atoms with Crippen LogP contribution in [0.4, 0.5) is 4.39 Å². The number of benzene rings is 1. The minimum Gasteiger partial charge on any atom is -0.455 e.